The summed E-state index contributed by atoms with van der Waals surface area (Å²) in [6, 6.07) is 0. The van der Waals surface area contributed by atoms with Crippen LogP contribution in [0.4, 0.5) is 0 Å². The van der Waals surface area contributed by atoms with Crippen LogP contribution in [0.25, 0.3) is 0 Å². The van der Waals surface area contributed by atoms with E-state index in [1.165, 1.54) is 32.1 Å². The zero-order chi connectivity index (χ0) is 13.5. The first-order chi connectivity index (χ1) is 9.25. The van der Waals surface area contributed by atoms with Crippen LogP contribution in [0.15, 0.2) is 0 Å². The van der Waals surface area contributed by atoms with Crippen LogP contribution in [0.5, 0.6) is 0 Å². The maximum Gasteiger partial charge on any atom is 0.236 e. The Morgan fingerprint density at radius 1 is 1.15 bits per heavy atom. The first kappa shape index (κ1) is 17.7. The normalized spacial score (nSPS) is 21.9. The highest BCUT2D eigenvalue weighted by Crippen LogP contribution is 2.24. The molecule has 0 radical (unpaired) electrons. The number of hydrogen-bond acceptors (Lipinski definition) is 3. The van der Waals surface area contributed by atoms with Gasteiger partial charge in [0.2, 0.25) is 5.91 Å². The van der Waals surface area contributed by atoms with Crippen molar-refractivity contribution in [3.63, 3.8) is 0 Å². The van der Waals surface area contributed by atoms with Crippen molar-refractivity contribution in [2.24, 2.45) is 5.92 Å². The second-order valence-electron chi connectivity index (χ2n) is 6.16. The largest absolute Gasteiger partial charge is 0.344 e. The molecule has 0 aromatic heterocycles. The maximum absolute atomic E-state index is 12.3. The zero-order valence-electron chi connectivity index (χ0n) is 12.8. The van der Waals surface area contributed by atoms with E-state index in [1.807, 2.05) is 11.9 Å². The predicted molar refractivity (Wildman–Crippen MR) is 85.4 cm³/mol. The standard InChI is InChI=1S/C15H29N3O.ClH/c1-17(12-14-6-3-2-4-7-14)15(19)13-18-10-5-8-16-9-11-18;/h14,16H,2-13H2,1H3;1H. The van der Waals surface area contributed by atoms with Crippen LogP contribution in [0.3, 0.4) is 0 Å². The average Bonchev–Trinajstić information content (AvgIpc) is 2.68. The number of nitrogens with zero attached hydrogens (tertiary/aromatic N) is 2. The molecule has 0 aromatic rings. The Balaban J connectivity index is 0.00000200. The summed E-state index contributed by atoms with van der Waals surface area (Å²) < 4.78 is 0. The van der Waals surface area contributed by atoms with E-state index in [1.54, 1.807) is 0 Å². The lowest BCUT2D eigenvalue weighted by Crippen LogP contribution is -2.41. The molecule has 118 valence electrons. The number of amides is 1. The predicted octanol–water partition coefficient (Wildman–Crippen LogP) is 1.74. The highest BCUT2D eigenvalue weighted by molar-refractivity contribution is 5.85. The highest BCUT2D eigenvalue weighted by Gasteiger charge is 2.20. The van der Waals surface area contributed by atoms with Crippen molar-refractivity contribution < 1.29 is 4.79 Å². The third-order valence-corrected chi connectivity index (χ3v) is 4.47. The molecule has 4 nitrogen and oxygen atoms in total. The van der Waals surface area contributed by atoms with Gasteiger partial charge >= 0.3 is 0 Å². The quantitative estimate of drug-likeness (QED) is 0.859. The molecule has 1 saturated carbocycles. The van der Waals surface area contributed by atoms with E-state index in [0.29, 0.717) is 12.5 Å². The van der Waals surface area contributed by atoms with Gasteiger partial charge in [0.15, 0.2) is 0 Å². The van der Waals surface area contributed by atoms with Crippen molar-refractivity contribution in [2.75, 3.05) is 46.3 Å². The van der Waals surface area contributed by atoms with E-state index in [0.717, 1.165) is 45.1 Å². The van der Waals surface area contributed by atoms with E-state index in [9.17, 15) is 4.79 Å². The first-order valence-corrected chi connectivity index (χ1v) is 7.93. The van der Waals surface area contributed by atoms with E-state index in [4.69, 9.17) is 0 Å². The van der Waals surface area contributed by atoms with Crippen LogP contribution in [0, 0.1) is 5.92 Å². The third-order valence-electron chi connectivity index (χ3n) is 4.47. The van der Waals surface area contributed by atoms with Crippen LogP contribution in [0.1, 0.15) is 38.5 Å². The molecule has 1 amide bonds. The molecular weight excluding hydrogens is 274 g/mol. The molecule has 2 rings (SSSR count). The van der Waals surface area contributed by atoms with Crippen LogP contribution in [-0.4, -0.2) is 62.0 Å². The fourth-order valence-electron chi connectivity index (χ4n) is 3.23. The van der Waals surface area contributed by atoms with Gasteiger partial charge in [-0.3, -0.25) is 9.69 Å². The molecule has 0 atom stereocenters. The van der Waals surface area contributed by atoms with Crippen LogP contribution < -0.4 is 5.32 Å². The van der Waals surface area contributed by atoms with Gasteiger partial charge in [-0.05, 0) is 38.3 Å². The van der Waals surface area contributed by atoms with Gasteiger partial charge in [0.05, 0.1) is 6.54 Å². The number of carbonyl (C=O) groups excluding carboxylic acids is 1. The van der Waals surface area contributed by atoms with Gasteiger partial charge in [0, 0.05) is 26.7 Å². The lowest BCUT2D eigenvalue weighted by atomic mass is 9.89. The van der Waals surface area contributed by atoms with Crippen molar-refractivity contribution >= 4 is 18.3 Å². The molecule has 1 saturated heterocycles. The van der Waals surface area contributed by atoms with Gasteiger partial charge in [-0.15, -0.1) is 12.4 Å². The molecule has 1 heterocycles. The Kier molecular flexibility index (Phi) is 8.50. The molecule has 1 aliphatic heterocycles. The van der Waals surface area contributed by atoms with Gasteiger partial charge in [-0.25, -0.2) is 0 Å². The van der Waals surface area contributed by atoms with Gasteiger partial charge in [-0.2, -0.15) is 0 Å². The minimum absolute atomic E-state index is 0. The molecule has 20 heavy (non-hydrogen) atoms. The maximum atomic E-state index is 12.3. The number of nitrogens with one attached hydrogen (secondary N) is 1. The number of hydrogen-bond donors (Lipinski definition) is 1. The summed E-state index contributed by atoms with van der Waals surface area (Å²) in [5.74, 6) is 1.04. The Morgan fingerprint density at radius 2 is 1.90 bits per heavy atom. The zero-order valence-corrected chi connectivity index (χ0v) is 13.6. The Bertz CT molecular complexity index is 274. The third kappa shape index (κ3) is 5.98. The van der Waals surface area contributed by atoms with E-state index >= 15 is 0 Å². The molecule has 1 N–H and O–H groups in total. The minimum atomic E-state index is 0. The number of carbonyl (C=O) groups is 1. The summed E-state index contributed by atoms with van der Waals surface area (Å²) in [4.78, 5) is 16.5. The monoisotopic (exact) mass is 303 g/mol. The molecule has 0 spiro atoms. The minimum Gasteiger partial charge on any atom is -0.344 e. The van der Waals surface area contributed by atoms with Gasteiger partial charge in [-0.1, -0.05) is 19.3 Å². The van der Waals surface area contributed by atoms with Gasteiger partial charge in [0.25, 0.3) is 0 Å². The number of rotatable bonds is 4. The second kappa shape index (κ2) is 9.59. The Hall–Kier alpha value is -0.320. The number of likely N-dealkylation sites (N-methyl/N-ethyl adjacent to an activating group) is 1. The van der Waals surface area contributed by atoms with Crippen molar-refractivity contribution in [2.45, 2.75) is 38.5 Å². The fourth-order valence-corrected chi connectivity index (χ4v) is 3.23. The van der Waals surface area contributed by atoms with Gasteiger partial charge < -0.3 is 10.2 Å². The highest BCUT2D eigenvalue weighted by atomic mass is 35.5. The lowest BCUT2D eigenvalue weighted by molar-refractivity contribution is -0.131. The fraction of sp³-hybridized carbons (Fsp3) is 0.933. The summed E-state index contributed by atoms with van der Waals surface area (Å²) in [6.07, 6.45) is 7.86. The second-order valence-corrected chi connectivity index (χ2v) is 6.16. The lowest BCUT2D eigenvalue weighted by Gasteiger charge is -2.29. The van der Waals surface area contributed by atoms with Crippen LogP contribution >= 0.6 is 12.4 Å². The Labute approximate surface area is 129 Å². The summed E-state index contributed by atoms with van der Waals surface area (Å²) in [5, 5.41) is 3.38. The molecule has 5 heteroatoms. The van der Waals surface area contributed by atoms with Crippen molar-refractivity contribution in [1.29, 1.82) is 0 Å². The SMILES string of the molecule is CN(CC1CCCCC1)C(=O)CN1CCCNCC1.Cl. The molecule has 2 aliphatic rings. The van der Waals surface area contributed by atoms with E-state index in [-0.39, 0.29) is 12.4 Å². The molecule has 1 aliphatic carbocycles. The molecular formula is C15H30ClN3O. The Morgan fingerprint density at radius 3 is 2.65 bits per heavy atom. The van der Waals surface area contributed by atoms with E-state index < -0.39 is 0 Å². The molecule has 2 fully saturated rings. The summed E-state index contributed by atoms with van der Waals surface area (Å²) in [6.45, 7) is 5.72. The summed E-state index contributed by atoms with van der Waals surface area (Å²) >= 11 is 0. The average molecular weight is 304 g/mol. The topological polar surface area (TPSA) is 35.6 Å². The van der Waals surface area contributed by atoms with Crippen LogP contribution in [-0.2, 0) is 4.79 Å². The van der Waals surface area contributed by atoms with Crippen molar-refractivity contribution in [3.8, 4) is 0 Å². The smallest absolute Gasteiger partial charge is 0.236 e. The molecule has 0 unspecified atom stereocenters. The van der Waals surface area contributed by atoms with E-state index in [2.05, 4.69) is 10.2 Å². The van der Waals surface area contributed by atoms with Crippen molar-refractivity contribution in [1.82, 2.24) is 15.1 Å². The molecule has 0 aromatic carbocycles. The van der Waals surface area contributed by atoms with Crippen LogP contribution in [0.2, 0.25) is 0 Å². The number of halogens is 1. The first-order valence-electron chi connectivity index (χ1n) is 7.93. The summed E-state index contributed by atoms with van der Waals surface area (Å²) in [5.41, 5.74) is 0. The summed E-state index contributed by atoms with van der Waals surface area (Å²) in [7, 11) is 1.98. The van der Waals surface area contributed by atoms with Gasteiger partial charge in [0.1, 0.15) is 0 Å². The molecule has 0 bridgehead atoms. The van der Waals surface area contributed by atoms with Crippen molar-refractivity contribution in [3.05, 3.63) is 0 Å².